The SMILES string of the molecule is CSc1ccc([C@H](N)CCC(C)C)cc1. The standard InChI is InChI=1S/C13H21NS/c1-10(2)4-9-13(14)11-5-7-12(15-3)8-6-11/h5-8,10,13H,4,9,14H2,1-3H3/t13-/m1/s1. The maximum Gasteiger partial charge on any atom is 0.0294 e. The third kappa shape index (κ3) is 4.27. The molecule has 0 amide bonds. The van der Waals surface area contributed by atoms with E-state index < -0.39 is 0 Å². The number of hydrogen-bond acceptors (Lipinski definition) is 2. The van der Waals surface area contributed by atoms with Gasteiger partial charge in [-0.25, -0.2) is 0 Å². The van der Waals surface area contributed by atoms with Crippen LogP contribution < -0.4 is 5.73 Å². The molecule has 0 aliphatic rings. The van der Waals surface area contributed by atoms with E-state index in [0.717, 1.165) is 12.3 Å². The average molecular weight is 223 g/mol. The fourth-order valence-corrected chi connectivity index (χ4v) is 1.94. The van der Waals surface area contributed by atoms with Gasteiger partial charge in [0.15, 0.2) is 0 Å². The van der Waals surface area contributed by atoms with Crippen molar-refractivity contribution in [1.82, 2.24) is 0 Å². The quantitative estimate of drug-likeness (QED) is 0.767. The molecule has 0 spiro atoms. The lowest BCUT2D eigenvalue weighted by molar-refractivity contribution is 0.507. The number of hydrogen-bond donors (Lipinski definition) is 1. The normalized spacial score (nSPS) is 13.1. The van der Waals surface area contributed by atoms with Gasteiger partial charge in [0.2, 0.25) is 0 Å². The second-order valence-electron chi connectivity index (χ2n) is 4.35. The van der Waals surface area contributed by atoms with E-state index in [9.17, 15) is 0 Å². The predicted molar refractivity (Wildman–Crippen MR) is 69.2 cm³/mol. The average Bonchev–Trinajstić information content (AvgIpc) is 2.26. The Kier molecular flexibility index (Phi) is 5.20. The van der Waals surface area contributed by atoms with E-state index >= 15 is 0 Å². The summed E-state index contributed by atoms with van der Waals surface area (Å²) in [6.45, 7) is 4.48. The first kappa shape index (κ1) is 12.6. The molecule has 1 atom stereocenters. The molecule has 0 aliphatic carbocycles. The fourth-order valence-electron chi connectivity index (χ4n) is 1.53. The molecule has 2 N–H and O–H groups in total. The highest BCUT2D eigenvalue weighted by molar-refractivity contribution is 7.98. The van der Waals surface area contributed by atoms with Crippen LogP contribution in [0, 0.1) is 5.92 Å². The molecule has 0 fully saturated rings. The summed E-state index contributed by atoms with van der Waals surface area (Å²) in [5.41, 5.74) is 7.39. The highest BCUT2D eigenvalue weighted by Crippen LogP contribution is 2.21. The van der Waals surface area contributed by atoms with Crippen LogP contribution >= 0.6 is 11.8 Å². The Bertz CT molecular complexity index is 279. The lowest BCUT2D eigenvalue weighted by atomic mass is 9.98. The monoisotopic (exact) mass is 223 g/mol. The minimum Gasteiger partial charge on any atom is -0.324 e. The van der Waals surface area contributed by atoms with E-state index in [-0.39, 0.29) is 6.04 Å². The van der Waals surface area contributed by atoms with Gasteiger partial charge < -0.3 is 5.73 Å². The molecule has 0 saturated carbocycles. The molecule has 1 aromatic rings. The summed E-state index contributed by atoms with van der Waals surface area (Å²) >= 11 is 1.77. The molecular weight excluding hydrogens is 202 g/mol. The van der Waals surface area contributed by atoms with Gasteiger partial charge >= 0.3 is 0 Å². The molecule has 2 heteroatoms. The fraction of sp³-hybridized carbons (Fsp3) is 0.538. The molecule has 0 heterocycles. The Labute approximate surface area is 97.4 Å². The van der Waals surface area contributed by atoms with Crippen molar-refractivity contribution in [2.75, 3.05) is 6.26 Å². The van der Waals surface area contributed by atoms with Crippen LogP contribution in [-0.2, 0) is 0 Å². The first-order chi connectivity index (χ1) is 7.13. The van der Waals surface area contributed by atoms with E-state index in [1.807, 2.05) is 0 Å². The van der Waals surface area contributed by atoms with Crippen molar-refractivity contribution in [2.24, 2.45) is 11.7 Å². The van der Waals surface area contributed by atoms with Gasteiger partial charge in [0.25, 0.3) is 0 Å². The van der Waals surface area contributed by atoms with Gasteiger partial charge in [-0.15, -0.1) is 11.8 Å². The van der Waals surface area contributed by atoms with Crippen LogP contribution in [0.4, 0.5) is 0 Å². The van der Waals surface area contributed by atoms with Crippen LogP contribution in [-0.4, -0.2) is 6.26 Å². The maximum atomic E-state index is 6.13. The van der Waals surface area contributed by atoms with Crippen LogP contribution in [0.2, 0.25) is 0 Å². The Morgan fingerprint density at radius 2 is 1.73 bits per heavy atom. The van der Waals surface area contributed by atoms with E-state index in [1.54, 1.807) is 11.8 Å². The Balaban J connectivity index is 2.54. The zero-order valence-corrected chi connectivity index (χ0v) is 10.7. The van der Waals surface area contributed by atoms with Gasteiger partial charge in [-0.2, -0.15) is 0 Å². The number of rotatable bonds is 5. The van der Waals surface area contributed by atoms with Crippen LogP contribution in [0.3, 0.4) is 0 Å². The van der Waals surface area contributed by atoms with Crippen LogP contribution in [0.25, 0.3) is 0 Å². The first-order valence-corrected chi connectivity index (χ1v) is 6.75. The second kappa shape index (κ2) is 6.19. The smallest absolute Gasteiger partial charge is 0.0294 e. The molecule has 1 rings (SSSR count). The van der Waals surface area contributed by atoms with Crippen molar-refractivity contribution in [3.8, 4) is 0 Å². The van der Waals surface area contributed by atoms with Gasteiger partial charge in [-0.1, -0.05) is 26.0 Å². The van der Waals surface area contributed by atoms with Crippen molar-refractivity contribution in [3.05, 3.63) is 29.8 Å². The summed E-state index contributed by atoms with van der Waals surface area (Å²) in [7, 11) is 0. The molecular formula is C13H21NS. The molecule has 0 aliphatic heterocycles. The lowest BCUT2D eigenvalue weighted by Gasteiger charge is -2.13. The largest absolute Gasteiger partial charge is 0.324 e. The Morgan fingerprint density at radius 3 is 2.20 bits per heavy atom. The van der Waals surface area contributed by atoms with E-state index in [0.29, 0.717) is 0 Å². The summed E-state index contributed by atoms with van der Waals surface area (Å²) in [5, 5.41) is 0. The molecule has 84 valence electrons. The van der Waals surface area contributed by atoms with Crippen LogP contribution in [0.1, 0.15) is 38.3 Å². The molecule has 1 aromatic carbocycles. The van der Waals surface area contributed by atoms with Gasteiger partial charge in [-0.05, 0) is 42.7 Å². The predicted octanol–water partition coefficient (Wildman–Crippen LogP) is 3.84. The first-order valence-electron chi connectivity index (χ1n) is 5.53. The Hall–Kier alpha value is -0.470. The van der Waals surface area contributed by atoms with Crippen molar-refractivity contribution in [3.63, 3.8) is 0 Å². The highest BCUT2D eigenvalue weighted by atomic mass is 32.2. The van der Waals surface area contributed by atoms with Gasteiger partial charge in [0.1, 0.15) is 0 Å². The maximum absolute atomic E-state index is 6.13. The highest BCUT2D eigenvalue weighted by Gasteiger charge is 2.06. The van der Waals surface area contributed by atoms with E-state index in [1.165, 1.54) is 16.9 Å². The van der Waals surface area contributed by atoms with Gasteiger partial charge in [0, 0.05) is 10.9 Å². The Morgan fingerprint density at radius 1 is 1.13 bits per heavy atom. The number of thioether (sulfide) groups is 1. The van der Waals surface area contributed by atoms with E-state index in [4.69, 9.17) is 5.73 Å². The molecule has 0 saturated heterocycles. The minimum absolute atomic E-state index is 0.198. The van der Waals surface area contributed by atoms with Crippen molar-refractivity contribution in [1.29, 1.82) is 0 Å². The molecule has 0 radical (unpaired) electrons. The number of benzene rings is 1. The van der Waals surface area contributed by atoms with Gasteiger partial charge in [0.05, 0.1) is 0 Å². The third-order valence-corrected chi connectivity index (χ3v) is 3.34. The summed E-state index contributed by atoms with van der Waals surface area (Å²) in [5.74, 6) is 0.738. The zero-order valence-electron chi connectivity index (χ0n) is 9.86. The van der Waals surface area contributed by atoms with Crippen molar-refractivity contribution >= 4 is 11.8 Å². The lowest BCUT2D eigenvalue weighted by Crippen LogP contribution is -2.11. The summed E-state index contributed by atoms with van der Waals surface area (Å²) in [6.07, 6.45) is 4.37. The van der Waals surface area contributed by atoms with Crippen LogP contribution in [0.15, 0.2) is 29.2 Å². The molecule has 0 unspecified atom stereocenters. The minimum atomic E-state index is 0.198. The third-order valence-electron chi connectivity index (χ3n) is 2.60. The van der Waals surface area contributed by atoms with Crippen molar-refractivity contribution < 1.29 is 0 Å². The summed E-state index contributed by atoms with van der Waals surface area (Å²) in [6, 6.07) is 8.79. The topological polar surface area (TPSA) is 26.0 Å². The molecule has 15 heavy (non-hydrogen) atoms. The summed E-state index contributed by atoms with van der Waals surface area (Å²) < 4.78 is 0. The second-order valence-corrected chi connectivity index (χ2v) is 5.23. The molecule has 0 bridgehead atoms. The van der Waals surface area contributed by atoms with Crippen molar-refractivity contribution in [2.45, 2.75) is 37.6 Å². The molecule has 0 aromatic heterocycles. The number of nitrogens with two attached hydrogens (primary N) is 1. The van der Waals surface area contributed by atoms with Gasteiger partial charge in [-0.3, -0.25) is 0 Å². The van der Waals surface area contributed by atoms with E-state index in [2.05, 4.69) is 44.4 Å². The molecule has 1 nitrogen and oxygen atoms in total. The zero-order chi connectivity index (χ0) is 11.3. The summed E-state index contributed by atoms with van der Waals surface area (Å²) in [4.78, 5) is 1.30. The van der Waals surface area contributed by atoms with Crippen LogP contribution in [0.5, 0.6) is 0 Å².